The number of rotatable bonds is 8. The number of esters is 2. The Balaban J connectivity index is 1.64. The molecule has 0 bridgehead atoms. The molecule has 0 aromatic heterocycles. The second-order valence-electron chi connectivity index (χ2n) is 6.79. The van der Waals surface area contributed by atoms with Crippen LogP contribution < -0.4 is 4.90 Å². The fourth-order valence-corrected chi connectivity index (χ4v) is 3.42. The molecule has 0 fully saturated rings. The van der Waals surface area contributed by atoms with Crippen molar-refractivity contribution in [3.8, 4) is 0 Å². The first-order valence-corrected chi connectivity index (χ1v) is 10.5. The van der Waals surface area contributed by atoms with Gasteiger partial charge in [0, 0.05) is 5.69 Å². The van der Waals surface area contributed by atoms with Crippen molar-refractivity contribution in [1.29, 1.82) is 0 Å². The van der Waals surface area contributed by atoms with Crippen molar-refractivity contribution in [2.24, 2.45) is 0 Å². The molecule has 0 aliphatic carbocycles. The van der Waals surface area contributed by atoms with Crippen LogP contribution in [-0.2, 0) is 23.9 Å². The van der Waals surface area contributed by atoms with E-state index in [0.717, 1.165) is 4.90 Å². The third-order valence-corrected chi connectivity index (χ3v) is 5.34. The lowest BCUT2D eigenvalue weighted by molar-refractivity contribution is -0.148. The Bertz CT molecular complexity index is 1080. The molecule has 2 aromatic rings. The topological polar surface area (TPSA) is 110 Å². The first-order valence-electron chi connectivity index (χ1n) is 9.74. The van der Waals surface area contributed by atoms with Crippen LogP contribution in [0.2, 0.25) is 10.0 Å². The molecule has 0 unspecified atom stereocenters. The lowest BCUT2D eigenvalue weighted by Crippen LogP contribution is -2.41. The SMILES string of the molecule is CCOC(=O)CN(C(=O)COC(=O)CN1C(=O)c2cc(Cl)c(Cl)cc2C1=O)c1ccccc1. The minimum atomic E-state index is -0.987. The molecular weight excluding hydrogens is 475 g/mol. The van der Waals surface area contributed by atoms with Gasteiger partial charge in [0.1, 0.15) is 13.1 Å². The summed E-state index contributed by atoms with van der Waals surface area (Å²) in [6.45, 7) is -0.0307. The minimum Gasteiger partial charge on any atom is -0.465 e. The van der Waals surface area contributed by atoms with Crippen LogP contribution in [0.3, 0.4) is 0 Å². The number of ether oxygens (including phenoxy) is 2. The van der Waals surface area contributed by atoms with Gasteiger partial charge >= 0.3 is 11.9 Å². The van der Waals surface area contributed by atoms with E-state index in [2.05, 4.69) is 0 Å². The van der Waals surface area contributed by atoms with E-state index in [1.165, 1.54) is 12.1 Å². The molecule has 2 aromatic carbocycles. The maximum absolute atomic E-state index is 12.7. The number of anilines is 1. The van der Waals surface area contributed by atoms with E-state index >= 15 is 0 Å². The number of nitrogens with zero attached hydrogens (tertiary/aromatic N) is 2. The van der Waals surface area contributed by atoms with Gasteiger partial charge in [-0.3, -0.25) is 33.8 Å². The Morgan fingerprint density at radius 3 is 2.03 bits per heavy atom. The molecule has 0 atom stereocenters. The summed E-state index contributed by atoms with van der Waals surface area (Å²) in [6, 6.07) is 10.8. The molecule has 3 rings (SSSR count). The monoisotopic (exact) mass is 492 g/mol. The highest BCUT2D eigenvalue weighted by molar-refractivity contribution is 6.43. The van der Waals surface area contributed by atoms with Crippen LogP contribution >= 0.6 is 23.2 Å². The maximum Gasteiger partial charge on any atom is 0.326 e. The van der Waals surface area contributed by atoms with E-state index in [4.69, 9.17) is 32.7 Å². The fraction of sp³-hybridized carbons (Fsp3) is 0.227. The number of carbonyl (C=O) groups excluding carboxylic acids is 5. The Hall–Kier alpha value is -3.43. The van der Waals surface area contributed by atoms with Crippen molar-refractivity contribution in [2.45, 2.75) is 6.92 Å². The second-order valence-corrected chi connectivity index (χ2v) is 7.60. The molecule has 1 heterocycles. The van der Waals surface area contributed by atoms with Crippen molar-refractivity contribution in [3.05, 3.63) is 63.6 Å². The highest BCUT2D eigenvalue weighted by Gasteiger charge is 2.38. The smallest absolute Gasteiger partial charge is 0.326 e. The van der Waals surface area contributed by atoms with E-state index in [-0.39, 0.29) is 34.3 Å². The van der Waals surface area contributed by atoms with Gasteiger partial charge in [-0.2, -0.15) is 0 Å². The zero-order chi connectivity index (χ0) is 24.1. The van der Waals surface area contributed by atoms with Crippen LogP contribution in [0.4, 0.5) is 5.69 Å². The number of imide groups is 1. The van der Waals surface area contributed by atoms with Crippen LogP contribution in [0.1, 0.15) is 27.6 Å². The molecule has 0 saturated carbocycles. The van der Waals surface area contributed by atoms with Gasteiger partial charge in [-0.05, 0) is 31.2 Å². The second kappa shape index (κ2) is 10.5. The predicted octanol–water partition coefficient (Wildman–Crippen LogP) is 2.73. The van der Waals surface area contributed by atoms with Gasteiger partial charge < -0.3 is 9.47 Å². The summed E-state index contributed by atoms with van der Waals surface area (Å²) >= 11 is 11.8. The summed E-state index contributed by atoms with van der Waals surface area (Å²) < 4.78 is 9.86. The summed E-state index contributed by atoms with van der Waals surface area (Å²) in [4.78, 5) is 63.6. The number of fused-ring (bicyclic) bond motifs is 1. The first-order chi connectivity index (χ1) is 15.7. The number of benzene rings is 2. The van der Waals surface area contributed by atoms with Gasteiger partial charge in [-0.25, -0.2) is 0 Å². The quantitative estimate of drug-likeness (QED) is 0.411. The molecule has 1 aliphatic rings. The summed E-state index contributed by atoms with van der Waals surface area (Å²) in [5.41, 5.74) is 0.437. The van der Waals surface area contributed by atoms with Crippen molar-refractivity contribution in [2.75, 3.05) is 31.2 Å². The fourth-order valence-electron chi connectivity index (χ4n) is 3.09. The lowest BCUT2D eigenvalue weighted by atomic mass is 10.1. The molecule has 9 nitrogen and oxygen atoms in total. The number of amides is 3. The average Bonchev–Trinajstić information content (AvgIpc) is 3.01. The van der Waals surface area contributed by atoms with E-state index in [0.29, 0.717) is 10.6 Å². The Kier molecular flexibility index (Phi) is 7.67. The van der Waals surface area contributed by atoms with Gasteiger partial charge in [0.2, 0.25) is 0 Å². The Morgan fingerprint density at radius 2 is 1.48 bits per heavy atom. The van der Waals surface area contributed by atoms with Gasteiger partial charge in [0.15, 0.2) is 6.61 Å². The van der Waals surface area contributed by atoms with E-state index in [1.807, 2.05) is 0 Å². The number of hydrogen-bond donors (Lipinski definition) is 0. The van der Waals surface area contributed by atoms with Crippen LogP contribution in [0.5, 0.6) is 0 Å². The Labute approximate surface area is 198 Å². The van der Waals surface area contributed by atoms with Crippen LogP contribution in [0.15, 0.2) is 42.5 Å². The van der Waals surface area contributed by atoms with Crippen LogP contribution in [0.25, 0.3) is 0 Å². The minimum absolute atomic E-state index is 0.0166. The third-order valence-electron chi connectivity index (χ3n) is 4.62. The predicted molar refractivity (Wildman–Crippen MR) is 118 cm³/mol. The first kappa shape index (κ1) is 24.2. The highest BCUT2D eigenvalue weighted by Crippen LogP contribution is 2.31. The molecule has 0 radical (unpaired) electrons. The van der Waals surface area contributed by atoms with Crippen LogP contribution in [-0.4, -0.2) is 60.9 Å². The van der Waals surface area contributed by atoms with E-state index < -0.39 is 42.8 Å². The van der Waals surface area contributed by atoms with Crippen LogP contribution in [0, 0.1) is 0 Å². The number of hydrogen-bond acceptors (Lipinski definition) is 7. The molecule has 0 spiro atoms. The molecule has 3 amide bonds. The standard InChI is InChI=1S/C22H18Cl2N2O7/c1-2-32-19(28)10-25(13-6-4-3-5-7-13)18(27)12-33-20(29)11-26-21(30)14-8-16(23)17(24)9-15(14)22(26)31/h3-9H,2,10-12H2,1H3. The van der Waals surface area contributed by atoms with Crippen molar-refractivity contribution in [3.63, 3.8) is 0 Å². The highest BCUT2D eigenvalue weighted by atomic mass is 35.5. The molecule has 33 heavy (non-hydrogen) atoms. The number of halogens is 2. The zero-order valence-electron chi connectivity index (χ0n) is 17.4. The van der Waals surface area contributed by atoms with Crippen molar-refractivity contribution < 1.29 is 33.4 Å². The number of carbonyl (C=O) groups is 5. The zero-order valence-corrected chi connectivity index (χ0v) is 18.9. The lowest BCUT2D eigenvalue weighted by Gasteiger charge is -2.22. The van der Waals surface area contributed by atoms with Gasteiger partial charge in [0.05, 0.1) is 27.8 Å². The van der Waals surface area contributed by atoms with E-state index in [1.54, 1.807) is 37.3 Å². The Morgan fingerprint density at radius 1 is 0.909 bits per heavy atom. The van der Waals surface area contributed by atoms with Gasteiger partial charge in [-0.1, -0.05) is 41.4 Å². The molecule has 0 N–H and O–H groups in total. The molecular formula is C22H18Cl2N2O7. The third kappa shape index (κ3) is 5.50. The largest absolute Gasteiger partial charge is 0.465 e. The average molecular weight is 493 g/mol. The van der Waals surface area contributed by atoms with Gasteiger partial charge in [-0.15, -0.1) is 0 Å². The molecule has 1 aliphatic heterocycles. The van der Waals surface area contributed by atoms with Gasteiger partial charge in [0.25, 0.3) is 17.7 Å². The number of para-hydroxylation sites is 1. The molecule has 172 valence electrons. The normalized spacial score (nSPS) is 12.4. The molecule has 11 heteroatoms. The summed E-state index contributed by atoms with van der Waals surface area (Å²) in [7, 11) is 0. The summed E-state index contributed by atoms with van der Waals surface area (Å²) in [6.07, 6.45) is 0. The van der Waals surface area contributed by atoms with Crippen molar-refractivity contribution in [1.82, 2.24) is 4.90 Å². The van der Waals surface area contributed by atoms with E-state index in [9.17, 15) is 24.0 Å². The summed E-state index contributed by atoms with van der Waals surface area (Å²) in [5.74, 6) is -3.78. The molecule has 0 saturated heterocycles. The maximum atomic E-state index is 12.7. The van der Waals surface area contributed by atoms with Crippen molar-refractivity contribution >= 4 is 58.5 Å². The summed E-state index contributed by atoms with van der Waals surface area (Å²) in [5, 5.41) is 0.184.